The fraction of sp³-hybridized carbons (Fsp3) is 0. The first-order valence-electron chi connectivity index (χ1n) is 21.1. The van der Waals surface area contributed by atoms with Crippen LogP contribution in [0, 0.1) is 0 Å². The molecule has 0 aliphatic rings. The predicted molar refractivity (Wildman–Crippen MR) is 258 cm³/mol. The van der Waals surface area contributed by atoms with Crippen molar-refractivity contribution in [2.45, 2.75) is 0 Å². The van der Waals surface area contributed by atoms with E-state index in [1.54, 1.807) is 0 Å². The third kappa shape index (κ3) is 5.70. The van der Waals surface area contributed by atoms with Gasteiger partial charge < -0.3 is 158 Å². The van der Waals surface area contributed by atoms with E-state index in [0.29, 0.717) is 0 Å². The normalized spacial score (nSPS) is 11.8. The summed E-state index contributed by atoms with van der Waals surface area (Å²) in [5, 5.41) is 327. The smallest absolute Gasteiger partial charge is 0.208 e. The van der Waals surface area contributed by atoms with Gasteiger partial charge in [-0.1, -0.05) is 0 Å². The van der Waals surface area contributed by atoms with Gasteiger partial charge in [-0.2, -0.15) is 0 Å². The highest BCUT2D eigenvalue weighted by molar-refractivity contribution is 6.33. The highest BCUT2D eigenvalue weighted by Gasteiger charge is 2.42. The Morgan fingerprint density at radius 1 is 0.114 bits per heavy atom. The molecule has 0 amide bonds. The van der Waals surface area contributed by atoms with Crippen molar-refractivity contribution in [2.75, 3.05) is 0 Å². The Morgan fingerprint density at radius 2 is 0.291 bits per heavy atom. The summed E-state index contributed by atoms with van der Waals surface area (Å²) in [4.78, 5) is 0. The van der Waals surface area contributed by atoms with Crippen LogP contribution >= 0.6 is 0 Å². The summed E-state index contributed by atoms with van der Waals surface area (Å²) in [6.07, 6.45) is 0. The van der Waals surface area contributed by atoms with Gasteiger partial charge in [0.1, 0.15) is 23.0 Å². The van der Waals surface area contributed by atoms with E-state index in [9.17, 15) is 153 Å². The number of rotatable bonds is 4. The van der Waals surface area contributed by atoms with Gasteiger partial charge in [0.25, 0.3) is 0 Å². The van der Waals surface area contributed by atoms with Gasteiger partial charge in [0.05, 0.1) is 54.9 Å². The topological polar surface area (TPSA) is 620 Å². The zero-order valence-corrected chi connectivity index (χ0v) is 37.8. The lowest BCUT2D eigenvalue weighted by Crippen LogP contribution is -1.98. The average Bonchev–Trinajstić information content (AvgIpc) is 3.85. The SMILES string of the molecule is Oc1c(O)c(O)c(-c2c(O)c(-c3c(O)c(O)c(O)c(O)c3O)c(O)c(-c3c4c(O)c(O)c(O)c(O)c4c(-c4c(O)c(O)c5oc6c7c(O)c(O)c(O)c(O)c7c(O)c(O)c6c5c4O)c4c(O)c(O)c(O)c(O)c34)c2O)c(O)c1O. The van der Waals surface area contributed by atoms with Gasteiger partial charge in [-0.05, 0) is 0 Å². The summed E-state index contributed by atoms with van der Waals surface area (Å²) in [6, 6.07) is 0. The number of phenolic OH excluding ortho intramolecular Hbond substituents is 30. The Hall–Kier alpha value is -12.4. The lowest BCUT2D eigenvalue weighted by molar-refractivity contribution is 0.329. The Kier molecular flexibility index (Phi) is 9.86. The van der Waals surface area contributed by atoms with Crippen molar-refractivity contribution in [1.29, 1.82) is 0 Å². The van der Waals surface area contributed by atoms with Gasteiger partial charge in [-0.25, -0.2) is 0 Å². The molecule has 30 N–H and O–H groups in total. The minimum absolute atomic E-state index is 1.02. The van der Waals surface area contributed by atoms with Crippen LogP contribution in [0.4, 0.5) is 0 Å². The fourth-order valence-corrected chi connectivity index (χ4v) is 9.70. The van der Waals surface area contributed by atoms with Crippen LogP contribution in [0.5, 0.6) is 172 Å². The zero-order valence-electron chi connectivity index (χ0n) is 37.8. The molecule has 0 aliphatic heterocycles. The maximum atomic E-state index is 12.4. The van der Waals surface area contributed by atoms with Crippen LogP contribution in [0.1, 0.15) is 0 Å². The fourth-order valence-electron chi connectivity index (χ4n) is 9.70. The van der Waals surface area contributed by atoms with E-state index in [2.05, 4.69) is 0 Å². The van der Waals surface area contributed by atoms with Crippen molar-refractivity contribution in [3.63, 3.8) is 0 Å². The van der Waals surface area contributed by atoms with E-state index in [4.69, 9.17) is 4.42 Å². The molecule has 10 aromatic rings. The molecule has 0 bridgehead atoms. The molecule has 1 aromatic heterocycles. The van der Waals surface area contributed by atoms with Crippen molar-refractivity contribution < 1.29 is 158 Å². The quantitative estimate of drug-likeness (QED) is 0.0634. The van der Waals surface area contributed by atoms with Gasteiger partial charge in [-0.3, -0.25) is 0 Å². The third-order valence-electron chi connectivity index (χ3n) is 13.3. The lowest BCUT2D eigenvalue weighted by atomic mass is 9.80. The van der Waals surface area contributed by atoms with Gasteiger partial charge in [0, 0.05) is 32.7 Å². The first-order valence-corrected chi connectivity index (χ1v) is 21.1. The number of fused-ring (bicyclic) bond motifs is 7. The molecule has 9 aromatic carbocycles. The summed E-state index contributed by atoms with van der Waals surface area (Å²) in [5.74, 6) is -53.4. The Balaban J connectivity index is 1.54. The van der Waals surface area contributed by atoms with Gasteiger partial charge in [-0.15, -0.1) is 0 Å². The molecule has 1 heterocycles. The van der Waals surface area contributed by atoms with Gasteiger partial charge >= 0.3 is 0 Å². The second-order valence-corrected chi connectivity index (χ2v) is 17.2. The number of aromatic hydroxyl groups is 30. The zero-order chi connectivity index (χ0) is 58.4. The molecular weight excluding hydrogens is 1070 g/mol. The van der Waals surface area contributed by atoms with Crippen LogP contribution in [-0.2, 0) is 0 Å². The molecule has 31 heteroatoms. The standard InChI is InChI=1S/C48H30O31/c49-17-7(18(50)10(12-28(60)41(73)45(77)42(74)29(12)61)19(51)9(17)11-26(58)39(71)44(76)40(72)27(11)59)1-3-5(23(55)36(68)34(66)21(3)53)2(6-4(1)22(54)35(67)37(69)24(6)56)8-20(52)15-16-32(64)25(57)13-14(33(65)43(75)38(70)30(13)62)47(16)79-48(15)46(78)31(8)63/h49-78H. The van der Waals surface area contributed by atoms with Crippen molar-refractivity contribution in [3.05, 3.63) is 0 Å². The summed E-state index contributed by atoms with van der Waals surface area (Å²) in [5.41, 5.74) is -15.7. The van der Waals surface area contributed by atoms with Crippen molar-refractivity contribution in [2.24, 2.45) is 0 Å². The van der Waals surface area contributed by atoms with Crippen LogP contribution < -0.4 is 0 Å². The second-order valence-electron chi connectivity index (χ2n) is 17.2. The molecule has 0 saturated heterocycles. The van der Waals surface area contributed by atoms with Crippen LogP contribution in [0.2, 0.25) is 0 Å². The number of benzene rings is 9. The molecule has 0 aliphatic carbocycles. The molecular formula is C48H30O31. The first kappa shape index (κ1) is 50.1. The highest BCUT2D eigenvalue weighted by Crippen LogP contribution is 2.71. The second kappa shape index (κ2) is 15.6. The predicted octanol–water partition coefficient (Wildman–Crippen LogP) is 4.88. The summed E-state index contributed by atoms with van der Waals surface area (Å²) in [6.45, 7) is 0. The number of hydrogen-bond donors (Lipinski definition) is 30. The Bertz CT molecular complexity index is 4360. The van der Waals surface area contributed by atoms with Crippen molar-refractivity contribution >= 4 is 54.3 Å². The van der Waals surface area contributed by atoms with Gasteiger partial charge in [0.15, 0.2) is 85.9 Å². The summed E-state index contributed by atoms with van der Waals surface area (Å²) < 4.78 is 5.56. The van der Waals surface area contributed by atoms with Crippen LogP contribution in [0.15, 0.2) is 4.42 Å². The van der Waals surface area contributed by atoms with Crippen LogP contribution in [-0.4, -0.2) is 153 Å². The molecule has 31 nitrogen and oxygen atoms in total. The Labute approximate surface area is 428 Å². The summed E-state index contributed by atoms with van der Waals surface area (Å²) in [7, 11) is 0. The Morgan fingerprint density at radius 3 is 0.620 bits per heavy atom. The number of furan rings is 1. The molecule has 0 unspecified atom stereocenters. The monoisotopic (exact) mass is 1100 g/mol. The highest BCUT2D eigenvalue weighted by atomic mass is 16.4. The molecule has 0 fully saturated rings. The van der Waals surface area contributed by atoms with Crippen LogP contribution in [0.25, 0.3) is 98.8 Å². The molecule has 0 saturated carbocycles. The van der Waals surface area contributed by atoms with Gasteiger partial charge in [0.2, 0.25) is 74.7 Å². The first-order chi connectivity index (χ1) is 36.8. The van der Waals surface area contributed by atoms with E-state index in [1.165, 1.54) is 0 Å². The lowest BCUT2D eigenvalue weighted by Gasteiger charge is -2.26. The van der Waals surface area contributed by atoms with E-state index < -0.39 is 271 Å². The molecule has 0 radical (unpaired) electrons. The minimum Gasteiger partial charge on any atom is -0.506 e. The maximum absolute atomic E-state index is 12.4. The van der Waals surface area contributed by atoms with E-state index in [1.807, 2.05) is 0 Å². The molecule has 408 valence electrons. The average molecular weight is 1100 g/mol. The summed E-state index contributed by atoms with van der Waals surface area (Å²) >= 11 is 0. The van der Waals surface area contributed by atoms with Crippen molar-refractivity contribution in [1.82, 2.24) is 0 Å². The molecule has 79 heavy (non-hydrogen) atoms. The maximum Gasteiger partial charge on any atom is 0.208 e. The minimum atomic E-state index is -2.03. The third-order valence-corrected chi connectivity index (χ3v) is 13.3. The van der Waals surface area contributed by atoms with Crippen LogP contribution in [0.3, 0.4) is 0 Å². The van der Waals surface area contributed by atoms with E-state index >= 15 is 0 Å². The molecule has 0 spiro atoms. The van der Waals surface area contributed by atoms with E-state index in [-0.39, 0.29) is 0 Å². The van der Waals surface area contributed by atoms with E-state index in [0.717, 1.165) is 0 Å². The molecule has 10 rings (SSSR count). The number of phenols is 30. The largest absolute Gasteiger partial charge is 0.506 e. The number of hydrogen-bond acceptors (Lipinski definition) is 31. The molecule has 0 atom stereocenters. The van der Waals surface area contributed by atoms with Crippen molar-refractivity contribution in [3.8, 4) is 217 Å².